The molecule has 0 atom stereocenters. The minimum atomic E-state index is -4.62. The molecule has 0 unspecified atom stereocenters. The SMILES string of the molecule is CNC(=O)c1cc(Cl)cc(C)c1NC(=O)c1cc(Br)nn1-c1ncccc1Cl.N#CCNC(=O)c1cnccc1C(F)(F)F. The van der Waals surface area contributed by atoms with Gasteiger partial charge >= 0.3 is 6.18 Å². The number of carbonyl (C=O) groups is 3. The van der Waals surface area contributed by atoms with Crippen LogP contribution in [0.3, 0.4) is 0 Å². The lowest BCUT2D eigenvalue weighted by atomic mass is 10.1. The molecule has 0 radical (unpaired) electrons. The normalized spacial score (nSPS) is 10.6. The Labute approximate surface area is 266 Å². The highest BCUT2D eigenvalue weighted by atomic mass is 79.9. The Morgan fingerprint density at radius 2 is 1.80 bits per heavy atom. The van der Waals surface area contributed by atoms with Crippen LogP contribution in [-0.2, 0) is 6.18 Å². The van der Waals surface area contributed by atoms with E-state index < -0.39 is 29.1 Å². The van der Waals surface area contributed by atoms with Gasteiger partial charge < -0.3 is 16.0 Å². The second kappa shape index (κ2) is 14.8. The number of halogens is 6. The molecule has 0 saturated heterocycles. The van der Waals surface area contributed by atoms with Gasteiger partial charge in [-0.15, -0.1) is 0 Å². The first-order valence-corrected chi connectivity index (χ1v) is 13.7. The summed E-state index contributed by atoms with van der Waals surface area (Å²) in [5.74, 6) is -1.53. The number of amides is 3. The monoisotopic (exact) mass is 710 g/mol. The van der Waals surface area contributed by atoms with Crippen LogP contribution in [0.5, 0.6) is 0 Å². The van der Waals surface area contributed by atoms with E-state index in [4.69, 9.17) is 28.5 Å². The molecule has 0 aliphatic rings. The number of pyridine rings is 2. The molecule has 4 rings (SSSR count). The number of alkyl halides is 3. The average molecular weight is 712 g/mol. The number of hydrogen-bond acceptors (Lipinski definition) is 7. The standard InChI is InChI=1S/C18H14BrCl2N5O2.C9H6F3N3O/c1-9-6-10(20)7-11(17(27)22-2)15(9)24-18(28)13-8-14(19)25-26(13)16-12(21)4-3-5-23-16;10-9(11,12)7-1-3-14-5-6(7)8(16)15-4-2-13/h3-8H,1-2H3,(H,22,27)(H,24,28);1,3,5H,4H2,(H,15,16). The van der Waals surface area contributed by atoms with Crippen molar-refractivity contribution >= 4 is 62.5 Å². The summed E-state index contributed by atoms with van der Waals surface area (Å²) in [6.07, 6.45) is -1.31. The molecular weight excluding hydrogens is 692 g/mol. The van der Waals surface area contributed by atoms with Crippen LogP contribution >= 0.6 is 39.1 Å². The second-order valence-corrected chi connectivity index (χ2v) is 10.2. The summed E-state index contributed by atoms with van der Waals surface area (Å²) >= 11 is 15.5. The molecule has 44 heavy (non-hydrogen) atoms. The van der Waals surface area contributed by atoms with Gasteiger partial charge in [-0.2, -0.15) is 23.5 Å². The summed E-state index contributed by atoms with van der Waals surface area (Å²) in [6, 6.07) is 10.3. The molecule has 0 aliphatic carbocycles. The molecule has 0 fully saturated rings. The number of rotatable bonds is 6. The summed E-state index contributed by atoms with van der Waals surface area (Å²) in [6.45, 7) is 1.39. The number of anilines is 1. The molecule has 3 heterocycles. The molecule has 0 spiro atoms. The van der Waals surface area contributed by atoms with E-state index in [-0.39, 0.29) is 23.7 Å². The van der Waals surface area contributed by atoms with Crippen LogP contribution in [0.4, 0.5) is 18.9 Å². The number of aromatic nitrogens is 4. The van der Waals surface area contributed by atoms with Crippen LogP contribution in [0.2, 0.25) is 10.0 Å². The van der Waals surface area contributed by atoms with Gasteiger partial charge in [-0.05, 0) is 58.7 Å². The molecule has 0 saturated carbocycles. The highest BCUT2D eigenvalue weighted by Crippen LogP contribution is 2.31. The van der Waals surface area contributed by atoms with E-state index in [0.29, 0.717) is 37.8 Å². The van der Waals surface area contributed by atoms with Crippen molar-refractivity contribution in [2.75, 3.05) is 18.9 Å². The van der Waals surface area contributed by atoms with E-state index in [9.17, 15) is 27.6 Å². The van der Waals surface area contributed by atoms with Crippen LogP contribution < -0.4 is 16.0 Å². The Balaban J connectivity index is 0.000000281. The average Bonchev–Trinajstić information content (AvgIpc) is 3.38. The fourth-order valence-corrected chi connectivity index (χ4v) is 4.50. The van der Waals surface area contributed by atoms with Crippen LogP contribution in [0.1, 0.15) is 42.3 Å². The molecule has 1 aromatic carbocycles. The minimum Gasteiger partial charge on any atom is -0.355 e. The minimum absolute atomic E-state index is 0.185. The van der Waals surface area contributed by atoms with E-state index in [1.54, 1.807) is 37.4 Å². The van der Waals surface area contributed by atoms with Gasteiger partial charge in [0.2, 0.25) is 0 Å². The lowest BCUT2D eigenvalue weighted by Crippen LogP contribution is -2.26. The van der Waals surface area contributed by atoms with Crippen molar-refractivity contribution in [2.45, 2.75) is 13.1 Å². The van der Waals surface area contributed by atoms with Gasteiger partial charge in [-0.25, -0.2) is 9.67 Å². The zero-order valence-electron chi connectivity index (χ0n) is 22.6. The second-order valence-electron chi connectivity index (χ2n) is 8.51. The fraction of sp³-hybridized carbons (Fsp3) is 0.148. The maximum atomic E-state index is 13.0. The quantitative estimate of drug-likeness (QED) is 0.220. The first-order chi connectivity index (χ1) is 20.8. The molecule has 3 aromatic heterocycles. The van der Waals surface area contributed by atoms with E-state index in [0.717, 1.165) is 12.4 Å². The molecule has 0 aliphatic heterocycles. The number of aryl methyl sites for hydroxylation is 1. The van der Waals surface area contributed by atoms with Gasteiger partial charge in [0.25, 0.3) is 17.7 Å². The molecule has 3 amide bonds. The van der Waals surface area contributed by atoms with Crippen molar-refractivity contribution in [3.05, 3.63) is 97.6 Å². The van der Waals surface area contributed by atoms with Crippen molar-refractivity contribution in [3.63, 3.8) is 0 Å². The van der Waals surface area contributed by atoms with Gasteiger partial charge in [-0.3, -0.25) is 19.4 Å². The van der Waals surface area contributed by atoms with Crippen molar-refractivity contribution < 1.29 is 27.6 Å². The van der Waals surface area contributed by atoms with Gasteiger partial charge in [0.15, 0.2) is 5.82 Å². The maximum absolute atomic E-state index is 13.0. The highest BCUT2D eigenvalue weighted by Gasteiger charge is 2.35. The lowest BCUT2D eigenvalue weighted by molar-refractivity contribution is -0.138. The summed E-state index contributed by atoms with van der Waals surface area (Å²) in [4.78, 5) is 44.1. The Morgan fingerprint density at radius 1 is 1.07 bits per heavy atom. The smallest absolute Gasteiger partial charge is 0.355 e. The van der Waals surface area contributed by atoms with Crippen molar-refractivity contribution in [1.29, 1.82) is 5.26 Å². The number of nitrogens with one attached hydrogen (secondary N) is 3. The van der Waals surface area contributed by atoms with Crippen LogP contribution in [0, 0.1) is 18.3 Å². The number of hydrogen-bond donors (Lipinski definition) is 3. The van der Waals surface area contributed by atoms with Gasteiger partial charge in [0, 0.05) is 36.7 Å². The summed E-state index contributed by atoms with van der Waals surface area (Å²) in [5.41, 5.74) is -0.236. The molecule has 3 N–H and O–H groups in total. The van der Waals surface area contributed by atoms with Crippen molar-refractivity contribution in [3.8, 4) is 11.9 Å². The molecular formula is C27H20BrCl2F3N8O3. The maximum Gasteiger partial charge on any atom is 0.417 e. The Kier molecular flexibility index (Phi) is 11.4. The summed E-state index contributed by atoms with van der Waals surface area (Å²) < 4.78 is 39.1. The first kappa shape index (κ1) is 34.0. The van der Waals surface area contributed by atoms with E-state index in [1.807, 2.05) is 5.32 Å². The third kappa shape index (κ3) is 8.31. The van der Waals surface area contributed by atoms with Crippen molar-refractivity contribution in [2.24, 2.45) is 0 Å². The van der Waals surface area contributed by atoms with Gasteiger partial charge in [0.05, 0.1) is 33.5 Å². The van der Waals surface area contributed by atoms with E-state index in [2.05, 4.69) is 41.6 Å². The predicted octanol–water partition coefficient (Wildman–Crippen LogP) is 5.61. The van der Waals surface area contributed by atoms with Crippen LogP contribution in [0.25, 0.3) is 5.82 Å². The zero-order valence-corrected chi connectivity index (χ0v) is 25.7. The van der Waals surface area contributed by atoms with Crippen LogP contribution in [0.15, 0.2) is 59.6 Å². The van der Waals surface area contributed by atoms with E-state index in [1.165, 1.54) is 23.9 Å². The lowest BCUT2D eigenvalue weighted by Gasteiger charge is -2.14. The van der Waals surface area contributed by atoms with Crippen molar-refractivity contribution in [1.82, 2.24) is 30.4 Å². The fourth-order valence-electron chi connectivity index (χ4n) is 3.65. The van der Waals surface area contributed by atoms with Crippen LogP contribution in [-0.4, -0.2) is 51.1 Å². The molecule has 0 bridgehead atoms. The zero-order chi connectivity index (χ0) is 32.6. The Morgan fingerprint density at radius 3 is 2.43 bits per heavy atom. The Bertz CT molecular complexity index is 1760. The molecule has 11 nitrogen and oxygen atoms in total. The highest BCUT2D eigenvalue weighted by molar-refractivity contribution is 9.10. The Hall–Kier alpha value is -4.52. The molecule has 4 aromatic rings. The number of carbonyl (C=O) groups excluding carboxylic acids is 3. The largest absolute Gasteiger partial charge is 0.417 e. The molecule has 228 valence electrons. The van der Waals surface area contributed by atoms with Gasteiger partial charge in [-0.1, -0.05) is 23.2 Å². The topological polar surface area (TPSA) is 155 Å². The third-order valence-corrected chi connectivity index (χ3v) is 6.46. The number of nitriles is 1. The van der Waals surface area contributed by atoms with Gasteiger partial charge in [0.1, 0.15) is 16.8 Å². The van der Waals surface area contributed by atoms with E-state index >= 15 is 0 Å². The number of benzene rings is 1. The predicted molar refractivity (Wildman–Crippen MR) is 159 cm³/mol. The number of nitrogens with zero attached hydrogens (tertiary/aromatic N) is 5. The molecule has 17 heteroatoms. The first-order valence-electron chi connectivity index (χ1n) is 12.1. The summed E-state index contributed by atoms with van der Waals surface area (Å²) in [5, 5.41) is 20.5. The third-order valence-electron chi connectivity index (χ3n) is 5.56. The summed E-state index contributed by atoms with van der Waals surface area (Å²) in [7, 11) is 1.50.